The summed E-state index contributed by atoms with van der Waals surface area (Å²) in [7, 11) is 0. The Kier molecular flexibility index (Phi) is 5.05. The van der Waals surface area contributed by atoms with E-state index in [1.807, 2.05) is 6.92 Å². The van der Waals surface area contributed by atoms with Gasteiger partial charge in [-0.15, -0.1) is 0 Å². The molecule has 0 atom stereocenters. The van der Waals surface area contributed by atoms with Crippen LogP contribution in [0, 0.1) is 0 Å². The number of nitrogens with two attached hydrogens (primary N) is 1. The Morgan fingerprint density at radius 3 is 2.92 bits per heavy atom. The Labute approximate surface area is 143 Å². The number of fused-ring (bicyclic) bond motifs is 1. The Balaban J connectivity index is 1.99. The smallest absolute Gasteiger partial charge is 0.262 e. The third-order valence-corrected chi connectivity index (χ3v) is 3.37. The van der Waals surface area contributed by atoms with Crippen LogP contribution in [0.1, 0.15) is 6.92 Å². The van der Waals surface area contributed by atoms with Crippen LogP contribution in [0.15, 0.2) is 35.5 Å². The fraction of sp³-hybridized carbons (Fsp3) is 0.250. The Morgan fingerprint density at radius 1 is 1.32 bits per heavy atom. The molecule has 0 unspecified atom stereocenters. The number of aromatic nitrogens is 4. The summed E-state index contributed by atoms with van der Waals surface area (Å²) in [5.74, 6) is 1.50. The van der Waals surface area contributed by atoms with Crippen LogP contribution in [0.5, 0.6) is 5.88 Å². The van der Waals surface area contributed by atoms with Gasteiger partial charge < -0.3 is 26.1 Å². The summed E-state index contributed by atoms with van der Waals surface area (Å²) in [5, 5.41) is 6.58. The SMILES string of the molecule is CCOc1ccc(Nc2nc(NCCN)cc3nc[nH]c(=O)c23)cn1. The number of hydrogen-bond donors (Lipinski definition) is 4. The van der Waals surface area contributed by atoms with E-state index in [1.54, 1.807) is 24.4 Å². The molecule has 3 rings (SSSR count). The lowest BCUT2D eigenvalue weighted by molar-refractivity contribution is 0.327. The minimum absolute atomic E-state index is 0.274. The lowest BCUT2D eigenvalue weighted by Crippen LogP contribution is -2.15. The summed E-state index contributed by atoms with van der Waals surface area (Å²) in [6, 6.07) is 5.25. The van der Waals surface area contributed by atoms with Gasteiger partial charge in [-0.3, -0.25) is 4.79 Å². The minimum Gasteiger partial charge on any atom is -0.478 e. The average molecular weight is 341 g/mol. The predicted octanol–water partition coefficient (Wildman–Crippen LogP) is 1.23. The molecule has 25 heavy (non-hydrogen) atoms. The van der Waals surface area contributed by atoms with Gasteiger partial charge in [0.15, 0.2) is 0 Å². The first kappa shape index (κ1) is 16.7. The molecular formula is C16H19N7O2. The first-order chi connectivity index (χ1) is 12.2. The van der Waals surface area contributed by atoms with Gasteiger partial charge in [0.2, 0.25) is 5.88 Å². The highest BCUT2D eigenvalue weighted by molar-refractivity contribution is 5.91. The van der Waals surface area contributed by atoms with Crippen molar-refractivity contribution in [1.29, 1.82) is 0 Å². The average Bonchev–Trinajstić information content (AvgIpc) is 2.62. The van der Waals surface area contributed by atoms with Gasteiger partial charge in [0, 0.05) is 25.2 Å². The monoisotopic (exact) mass is 341 g/mol. The van der Waals surface area contributed by atoms with Crippen molar-refractivity contribution in [3.63, 3.8) is 0 Å². The molecule has 0 aromatic carbocycles. The number of pyridine rings is 2. The van der Waals surface area contributed by atoms with E-state index in [4.69, 9.17) is 10.5 Å². The van der Waals surface area contributed by atoms with Crippen LogP contribution >= 0.6 is 0 Å². The fourth-order valence-corrected chi connectivity index (χ4v) is 2.30. The summed E-state index contributed by atoms with van der Waals surface area (Å²) in [6.07, 6.45) is 2.97. The van der Waals surface area contributed by atoms with Crippen LogP contribution in [0.25, 0.3) is 10.9 Å². The van der Waals surface area contributed by atoms with Crippen molar-refractivity contribution in [2.45, 2.75) is 6.92 Å². The number of hydrogen-bond acceptors (Lipinski definition) is 8. The second-order valence-corrected chi connectivity index (χ2v) is 5.14. The van der Waals surface area contributed by atoms with Crippen LogP contribution in [0.4, 0.5) is 17.3 Å². The Hall–Kier alpha value is -3.20. The lowest BCUT2D eigenvalue weighted by Gasteiger charge is -2.11. The van der Waals surface area contributed by atoms with Crippen molar-refractivity contribution in [1.82, 2.24) is 19.9 Å². The van der Waals surface area contributed by atoms with Gasteiger partial charge in [0.1, 0.15) is 17.0 Å². The number of aromatic amines is 1. The summed E-state index contributed by atoms with van der Waals surface area (Å²) in [6.45, 7) is 3.46. The van der Waals surface area contributed by atoms with Crippen LogP contribution < -0.4 is 26.7 Å². The molecule has 0 bridgehead atoms. The van der Waals surface area contributed by atoms with Crippen LogP contribution in [0.2, 0.25) is 0 Å². The Bertz CT molecular complexity index is 908. The molecule has 0 amide bonds. The quantitative estimate of drug-likeness (QED) is 0.504. The third kappa shape index (κ3) is 3.83. The molecule has 0 aliphatic carbocycles. The minimum atomic E-state index is -0.274. The zero-order valence-corrected chi connectivity index (χ0v) is 13.7. The highest BCUT2D eigenvalue weighted by Gasteiger charge is 2.11. The van der Waals surface area contributed by atoms with Crippen molar-refractivity contribution < 1.29 is 4.74 Å². The number of ether oxygens (including phenoxy) is 1. The molecule has 0 spiro atoms. The number of rotatable bonds is 7. The van der Waals surface area contributed by atoms with Crippen molar-refractivity contribution in [2.24, 2.45) is 5.73 Å². The van der Waals surface area contributed by atoms with Crippen molar-refractivity contribution >= 4 is 28.2 Å². The molecule has 0 fully saturated rings. The Morgan fingerprint density at radius 2 is 2.20 bits per heavy atom. The first-order valence-electron chi connectivity index (χ1n) is 7.89. The van der Waals surface area contributed by atoms with Crippen molar-refractivity contribution in [3.8, 4) is 5.88 Å². The molecule has 3 heterocycles. The molecule has 5 N–H and O–H groups in total. The van der Waals surface area contributed by atoms with Gasteiger partial charge in [-0.25, -0.2) is 15.0 Å². The number of nitrogens with one attached hydrogen (secondary N) is 3. The van der Waals surface area contributed by atoms with Crippen LogP contribution in [0.3, 0.4) is 0 Å². The van der Waals surface area contributed by atoms with Gasteiger partial charge in [-0.1, -0.05) is 0 Å². The highest BCUT2D eigenvalue weighted by Crippen LogP contribution is 2.24. The van der Waals surface area contributed by atoms with Gasteiger partial charge >= 0.3 is 0 Å². The molecule has 0 saturated heterocycles. The van der Waals surface area contributed by atoms with Gasteiger partial charge in [0.25, 0.3) is 5.56 Å². The largest absolute Gasteiger partial charge is 0.478 e. The molecule has 130 valence electrons. The molecule has 9 heteroatoms. The van der Waals surface area contributed by atoms with E-state index in [1.165, 1.54) is 6.33 Å². The van der Waals surface area contributed by atoms with Crippen molar-refractivity contribution in [2.75, 3.05) is 30.3 Å². The van der Waals surface area contributed by atoms with E-state index in [9.17, 15) is 4.79 Å². The number of H-pyrrole nitrogens is 1. The third-order valence-electron chi connectivity index (χ3n) is 3.37. The second-order valence-electron chi connectivity index (χ2n) is 5.14. The predicted molar refractivity (Wildman–Crippen MR) is 96.4 cm³/mol. The van der Waals surface area contributed by atoms with Crippen LogP contribution in [-0.4, -0.2) is 39.6 Å². The summed E-state index contributed by atoms with van der Waals surface area (Å²) < 4.78 is 5.32. The fourth-order valence-electron chi connectivity index (χ4n) is 2.30. The number of nitrogens with zero attached hydrogens (tertiary/aromatic N) is 3. The molecule has 0 radical (unpaired) electrons. The normalized spacial score (nSPS) is 10.6. The lowest BCUT2D eigenvalue weighted by atomic mass is 10.2. The van der Waals surface area contributed by atoms with Crippen LogP contribution in [-0.2, 0) is 0 Å². The maximum Gasteiger partial charge on any atom is 0.262 e. The van der Waals surface area contributed by atoms with E-state index in [2.05, 4.69) is 30.6 Å². The van der Waals surface area contributed by atoms with E-state index >= 15 is 0 Å². The topological polar surface area (TPSA) is 131 Å². The van der Waals surface area contributed by atoms with Gasteiger partial charge in [0.05, 0.1) is 30.3 Å². The summed E-state index contributed by atoms with van der Waals surface area (Å²) in [5.41, 5.74) is 6.45. The zero-order chi connectivity index (χ0) is 17.6. The van der Waals surface area contributed by atoms with E-state index < -0.39 is 0 Å². The maximum absolute atomic E-state index is 12.2. The van der Waals surface area contributed by atoms with E-state index in [0.717, 1.165) is 0 Å². The summed E-state index contributed by atoms with van der Waals surface area (Å²) in [4.78, 5) is 27.6. The second kappa shape index (κ2) is 7.58. The molecule has 3 aromatic rings. The molecular weight excluding hydrogens is 322 g/mol. The van der Waals surface area contributed by atoms with Gasteiger partial charge in [-0.2, -0.15) is 0 Å². The standard InChI is InChI=1S/C16H19N7O2/c1-2-25-13-4-3-10(8-19-13)22-15-14-11(20-9-21-16(14)24)7-12(23-15)18-6-5-17/h3-4,7-9H,2,5-6,17H2,1H3,(H2,18,22,23)(H,20,21,24). The van der Waals surface area contributed by atoms with Crippen molar-refractivity contribution in [3.05, 3.63) is 41.1 Å². The zero-order valence-electron chi connectivity index (χ0n) is 13.7. The maximum atomic E-state index is 12.2. The number of anilines is 3. The van der Waals surface area contributed by atoms with Gasteiger partial charge in [-0.05, 0) is 13.0 Å². The molecule has 0 aliphatic heterocycles. The highest BCUT2D eigenvalue weighted by atomic mass is 16.5. The van der Waals surface area contributed by atoms with E-state index in [0.29, 0.717) is 53.8 Å². The molecule has 0 aliphatic rings. The molecule has 0 saturated carbocycles. The molecule has 9 nitrogen and oxygen atoms in total. The first-order valence-corrected chi connectivity index (χ1v) is 7.89. The summed E-state index contributed by atoms with van der Waals surface area (Å²) >= 11 is 0. The van der Waals surface area contributed by atoms with E-state index in [-0.39, 0.29) is 5.56 Å². The molecule has 3 aromatic heterocycles.